The summed E-state index contributed by atoms with van der Waals surface area (Å²) in [5, 5.41) is 0. The minimum atomic E-state index is -0.235. The first-order valence-corrected chi connectivity index (χ1v) is 9.91. The van der Waals surface area contributed by atoms with Gasteiger partial charge in [0.25, 0.3) is 0 Å². The molecule has 1 atom stereocenters. The van der Waals surface area contributed by atoms with Gasteiger partial charge in [0.2, 0.25) is 0 Å². The second-order valence-electron chi connectivity index (χ2n) is 6.38. The summed E-state index contributed by atoms with van der Waals surface area (Å²) in [6.45, 7) is 12.9. The van der Waals surface area contributed by atoms with Crippen LogP contribution >= 0.6 is 0 Å². The molecular formula is C21H42O3. The zero-order chi connectivity index (χ0) is 18.5. The van der Waals surface area contributed by atoms with Gasteiger partial charge in [-0.05, 0) is 13.3 Å². The van der Waals surface area contributed by atoms with Gasteiger partial charge in [-0.2, -0.15) is 0 Å². The molecule has 0 N–H and O–H groups in total. The Balaban J connectivity index is 0. The Bertz CT molecular complexity index is 253. The molecule has 0 amide bonds. The third-order valence-corrected chi connectivity index (χ3v) is 3.86. The van der Waals surface area contributed by atoms with Gasteiger partial charge in [-0.15, -0.1) is 13.2 Å². The van der Waals surface area contributed by atoms with Gasteiger partial charge >= 0.3 is 5.97 Å². The summed E-state index contributed by atoms with van der Waals surface area (Å²) >= 11 is 0. The number of unbranched alkanes of at least 4 members (excludes halogenated alkanes) is 11. The monoisotopic (exact) mass is 342 g/mol. The second kappa shape index (κ2) is 22.2. The maximum atomic E-state index is 10.7. The third-order valence-electron chi connectivity index (χ3n) is 3.86. The molecule has 0 aromatic heterocycles. The molecule has 0 aromatic rings. The molecule has 0 aliphatic heterocycles. The first kappa shape index (κ1) is 25.4. The second-order valence-corrected chi connectivity index (χ2v) is 6.38. The van der Waals surface area contributed by atoms with Crippen molar-refractivity contribution in [3.63, 3.8) is 0 Å². The Labute approximate surface area is 151 Å². The van der Waals surface area contributed by atoms with Crippen molar-refractivity contribution < 1.29 is 14.3 Å². The lowest BCUT2D eigenvalue weighted by Gasteiger charge is -2.11. The van der Waals surface area contributed by atoms with E-state index < -0.39 is 0 Å². The fourth-order valence-electron chi connectivity index (χ4n) is 2.61. The highest BCUT2D eigenvalue weighted by molar-refractivity contribution is 5.66. The minimum absolute atomic E-state index is 0.130. The van der Waals surface area contributed by atoms with E-state index in [9.17, 15) is 4.79 Å². The fraction of sp³-hybridized carbons (Fsp3) is 0.857. The molecule has 0 spiro atoms. The quantitative estimate of drug-likeness (QED) is 0.183. The maximum Gasteiger partial charge on any atom is 0.302 e. The number of rotatable bonds is 16. The summed E-state index contributed by atoms with van der Waals surface area (Å²) in [7, 11) is 0. The first-order valence-electron chi connectivity index (χ1n) is 9.91. The third kappa shape index (κ3) is 23.4. The van der Waals surface area contributed by atoms with E-state index in [1.165, 1.54) is 77.6 Å². The topological polar surface area (TPSA) is 35.5 Å². The van der Waals surface area contributed by atoms with E-state index in [1.54, 1.807) is 0 Å². The van der Waals surface area contributed by atoms with Gasteiger partial charge in [0.1, 0.15) is 6.10 Å². The molecule has 1 unspecified atom stereocenters. The summed E-state index contributed by atoms with van der Waals surface area (Å²) in [6, 6.07) is 0. The lowest BCUT2D eigenvalue weighted by molar-refractivity contribution is -0.148. The predicted molar refractivity (Wildman–Crippen MR) is 104 cm³/mol. The van der Waals surface area contributed by atoms with Crippen molar-refractivity contribution in [3.05, 3.63) is 13.2 Å². The molecule has 0 bridgehead atoms. The lowest BCUT2D eigenvalue weighted by atomic mass is 10.1. The molecule has 24 heavy (non-hydrogen) atoms. The molecule has 0 rings (SSSR count). The van der Waals surface area contributed by atoms with Gasteiger partial charge in [0, 0.05) is 13.5 Å². The number of carbonyl (C=O) groups is 1. The molecule has 0 radical (unpaired) electrons. The molecule has 0 aliphatic rings. The summed E-state index contributed by atoms with van der Waals surface area (Å²) in [5.41, 5.74) is 0. The van der Waals surface area contributed by atoms with Gasteiger partial charge in [-0.1, -0.05) is 77.6 Å². The van der Waals surface area contributed by atoms with Crippen LogP contribution in [0.15, 0.2) is 13.2 Å². The van der Waals surface area contributed by atoms with Crippen molar-refractivity contribution in [2.75, 3.05) is 13.2 Å². The van der Waals surface area contributed by atoms with Crippen molar-refractivity contribution in [2.45, 2.75) is 104 Å². The zero-order valence-electron chi connectivity index (χ0n) is 16.6. The van der Waals surface area contributed by atoms with E-state index in [1.807, 2.05) is 6.92 Å². The minimum Gasteiger partial charge on any atom is -0.460 e. The van der Waals surface area contributed by atoms with Gasteiger partial charge in [-0.3, -0.25) is 4.79 Å². The predicted octanol–water partition coefficient (Wildman–Crippen LogP) is 6.46. The first-order chi connectivity index (χ1) is 11.7. The largest absolute Gasteiger partial charge is 0.460 e. The Morgan fingerprint density at radius 3 is 1.67 bits per heavy atom. The zero-order valence-corrected chi connectivity index (χ0v) is 16.6. The number of hydrogen-bond acceptors (Lipinski definition) is 3. The fourth-order valence-corrected chi connectivity index (χ4v) is 2.61. The molecule has 0 heterocycles. The summed E-state index contributed by atoms with van der Waals surface area (Å²) in [5.74, 6) is -0.235. The Morgan fingerprint density at radius 2 is 1.25 bits per heavy atom. The molecule has 3 heteroatoms. The van der Waals surface area contributed by atoms with Crippen LogP contribution in [0.5, 0.6) is 0 Å². The summed E-state index contributed by atoms with van der Waals surface area (Å²) in [6.07, 6.45) is 16.1. The maximum absolute atomic E-state index is 10.7. The van der Waals surface area contributed by atoms with Crippen LogP contribution < -0.4 is 0 Å². The Morgan fingerprint density at radius 1 is 0.833 bits per heavy atom. The van der Waals surface area contributed by atoms with E-state index in [-0.39, 0.29) is 12.1 Å². The molecule has 0 aliphatic carbocycles. The average molecular weight is 343 g/mol. The molecule has 3 nitrogen and oxygen atoms in total. The van der Waals surface area contributed by atoms with E-state index >= 15 is 0 Å². The van der Waals surface area contributed by atoms with Crippen LogP contribution in [0.4, 0.5) is 0 Å². The summed E-state index contributed by atoms with van der Waals surface area (Å²) in [4.78, 5) is 10.7. The van der Waals surface area contributed by atoms with Crippen LogP contribution in [0.1, 0.15) is 97.8 Å². The van der Waals surface area contributed by atoms with Crippen molar-refractivity contribution in [2.24, 2.45) is 0 Å². The molecule has 0 saturated heterocycles. The molecule has 0 saturated carbocycles. The highest BCUT2D eigenvalue weighted by atomic mass is 16.6. The number of esters is 1. The Hall–Kier alpha value is -0.830. The van der Waals surface area contributed by atoms with E-state index in [2.05, 4.69) is 20.1 Å². The number of ether oxygens (including phenoxy) is 2. The summed E-state index contributed by atoms with van der Waals surface area (Å²) < 4.78 is 10.5. The van der Waals surface area contributed by atoms with Crippen molar-refractivity contribution in [3.8, 4) is 0 Å². The number of carbonyl (C=O) groups excluding carboxylic acids is 1. The van der Waals surface area contributed by atoms with Crippen LogP contribution in [0.3, 0.4) is 0 Å². The SMILES string of the molecule is C=C.CCCCCCCCCCCCCCOCC(C)OC(C)=O. The highest BCUT2D eigenvalue weighted by Crippen LogP contribution is 2.11. The van der Waals surface area contributed by atoms with E-state index in [0.29, 0.717) is 6.61 Å². The van der Waals surface area contributed by atoms with E-state index in [0.717, 1.165) is 13.0 Å². The van der Waals surface area contributed by atoms with Crippen LogP contribution in [-0.4, -0.2) is 25.3 Å². The molecule has 144 valence electrons. The van der Waals surface area contributed by atoms with Crippen LogP contribution in [0.2, 0.25) is 0 Å². The highest BCUT2D eigenvalue weighted by Gasteiger charge is 2.04. The normalized spacial score (nSPS) is 11.5. The number of hydrogen-bond donors (Lipinski definition) is 0. The van der Waals surface area contributed by atoms with Gasteiger partial charge in [0.05, 0.1) is 6.61 Å². The van der Waals surface area contributed by atoms with Crippen LogP contribution in [-0.2, 0) is 14.3 Å². The van der Waals surface area contributed by atoms with Gasteiger partial charge in [-0.25, -0.2) is 0 Å². The molecule has 0 fully saturated rings. The van der Waals surface area contributed by atoms with Crippen molar-refractivity contribution in [1.29, 1.82) is 0 Å². The molecular weight excluding hydrogens is 300 g/mol. The molecule has 0 aromatic carbocycles. The smallest absolute Gasteiger partial charge is 0.302 e. The average Bonchev–Trinajstić information content (AvgIpc) is 2.56. The lowest BCUT2D eigenvalue weighted by Crippen LogP contribution is -2.18. The van der Waals surface area contributed by atoms with E-state index in [4.69, 9.17) is 9.47 Å². The van der Waals surface area contributed by atoms with Gasteiger partial charge < -0.3 is 9.47 Å². The van der Waals surface area contributed by atoms with Crippen molar-refractivity contribution in [1.82, 2.24) is 0 Å². The van der Waals surface area contributed by atoms with Gasteiger partial charge in [0.15, 0.2) is 0 Å². The van der Waals surface area contributed by atoms with Crippen molar-refractivity contribution >= 4 is 5.97 Å². The Kier molecular flexibility index (Phi) is 23.5. The standard InChI is InChI=1S/C19H38O3.C2H4/c1-4-5-6-7-8-9-10-11-12-13-14-15-16-21-17-18(2)22-19(3)20;1-2/h18H,4-17H2,1-3H3;1-2H2. The van der Waals surface area contributed by atoms with Crippen LogP contribution in [0, 0.1) is 0 Å². The van der Waals surface area contributed by atoms with Crippen LogP contribution in [0.25, 0.3) is 0 Å².